The van der Waals surface area contributed by atoms with E-state index in [1.54, 1.807) is 0 Å². The van der Waals surface area contributed by atoms with Crippen LogP contribution < -0.4 is 5.32 Å². The summed E-state index contributed by atoms with van der Waals surface area (Å²) in [5.41, 5.74) is -0.523. The Morgan fingerprint density at radius 1 is 1.27 bits per heavy atom. The van der Waals surface area contributed by atoms with Crippen LogP contribution >= 0.6 is 23.4 Å². The number of carbonyl (C=O) groups is 2. The molecule has 7 heteroatoms. The summed E-state index contributed by atoms with van der Waals surface area (Å²) in [6.45, 7) is 9.27. The number of ether oxygens (including phenoxy) is 1. The van der Waals surface area contributed by atoms with Crippen molar-refractivity contribution in [1.82, 2.24) is 0 Å². The zero-order chi connectivity index (χ0) is 19.9. The molecule has 1 amide bonds. The van der Waals surface area contributed by atoms with Crippen molar-refractivity contribution >= 4 is 40.9 Å². The number of hydrogen-bond donors (Lipinski definition) is 1. The van der Waals surface area contributed by atoms with Crippen LogP contribution in [-0.2, 0) is 14.3 Å². The van der Waals surface area contributed by atoms with Crippen LogP contribution in [-0.4, -0.2) is 22.7 Å². The maximum Gasteiger partial charge on any atom is 0.319 e. The van der Waals surface area contributed by atoms with E-state index in [1.165, 1.54) is 17.8 Å². The first-order valence-electron chi connectivity index (χ1n) is 8.75. The number of rotatable bonds is 8. The lowest BCUT2D eigenvalue weighted by Crippen LogP contribution is -2.30. The van der Waals surface area contributed by atoms with Gasteiger partial charge in [0.1, 0.15) is 16.7 Å². The fourth-order valence-electron chi connectivity index (χ4n) is 2.16. The number of amides is 1. The molecule has 0 radical (unpaired) electrons. The molecule has 0 spiro atoms. The molecule has 0 aliphatic heterocycles. The number of nitrogens with one attached hydrogen (secondary N) is 1. The molecule has 0 aliphatic carbocycles. The lowest BCUT2D eigenvalue weighted by Gasteiger charge is -2.24. The minimum atomic E-state index is -0.604. The van der Waals surface area contributed by atoms with Crippen molar-refractivity contribution < 1.29 is 18.7 Å². The van der Waals surface area contributed by atoms with Gasteiger partial charge >= 0.3 is 5.97 Å². The van der Waals surface area contributed by atoms with E-state index in [1.807, 2.05) is 34.6 Å². The van der Waals surface area contributed by atoms with Crippen LogP contribution in [0.15, 0.2) is 17.0 Å². The van der Waals surface area contributed by atoms with Gasteiger partial charge in [-0.1, -0.05) is 31.9 Å². The molecular formula is C19H27ClFNO3S. The zero-order valence-corrected chi connectivity index (χ0v) is 17.5. The van der Waals surface area contributed by atoms with Gasteiger partial charge in [-0.05, 0) is 45.7 Å². The van der Waals surface area contributed by atoms with E-state index < -0.39 is 16.7 Å². The van der Waals surface area contributed by atoms with Crippen LogP contribution in [0.25, 0.3) is 0 Å². The average molecular weight is 404 g/mol. The molecule has 146 valence electrons. The van der Waals surface area contributed by atoms with Crippen molar-refractivity contribution in [2.24, 2.45) is 0 Å². The Balaban J connectivity index is 3.03. The van der Waals surface area contributed by atoms with E-state index in [9.17, 15) is 14.0 Å². The smallest absolute Gasteiger partial charge is 0.319 e. The van der Waals surface area contributed by atoms with Gasteiger partial charge in [-0.25, -0.2) is 4.39 Å². The predicted octanol–water partition coefficient (Wildman–Crippen LogP) is 5.82. The van der Waals surface area contributed by atoms with Gasteiger partial charge in [0.2, 0.25) is 5.91 Å². The quantitative estimate of drug-likeness (QED) is 0.439. The highest BCUT2D eigenvalue weighted by molar-refractivity contribution is 8.00. The number of carbonyl (C=O) groups excluding carboxylic acids is 2. The van der Waals surface area contributed by atoms with Crippen molar-refractivity contribution in [3.8, 4) is 0 Å². The first-order valence-corrected chi connectivity index (χ1v) is 10.0. The van der Waals surface area contributed by atoms with E-state index in [2.05, 4.69) is 5.32 Å². The summed E-state index contributed by atoms with van der Waals surface area (Å²) in [4.78, 5) is 24.7. The molecule has 0 aromatic heterocycles. The molecule has 1 aromatic carbocycles. The molecule has 1 aromatic rings. The molecule has 1 rings (SSSR count). The highest BCUT2D eigenvalue weighted by Crippen LogP contribution is 2.36. The Bertz CT molecular complexity index is 646. The van der Waals surface area contributed by atoms with Gasteiger partial charge < -0.3 is 10.1 Å². The summed E-state index contributed by atoms with van der Waals surface area (Å²) in [6.07, 6.45) is 2.36. The standard InChI is InChI=1S/C19H27ClFNO3S/c1-6-8-15(18(24)25-19(3,4)5)26-16-11-14(13(21)10-12(16)20)22-17(23)9-7-2/h10-11,15H,6-9H2,1-5H3,(H,22,23). The minimum absolute atomic E-state index is 0.0646. The van der Waals surface area contributed by atoms with Crippen molar-refractivity contribution in [1.29, 1.82) is 0 Å². The summed E-state index contributed by atoms with van der Waals surface area (Å²) in [5, 5.41) is 2.29. The molecule has 0 aliphatic rings. The normalized spacial score (nSPS) is 12.6. The molecule has 0 saturated carbocycles. The topological polar surface area (TPSA) is 55.4 Å². The number of anilines is 1. The molecule has 26 heavy (non-hydrogen) atoms. The molecule has 1 N–H and O–H groups in total. The van der Waals surface area contributed by atoms with Crippen molar-refractivity contribution in [2.45, 2.75) is 76.0 Å². The van der Waals surface area contributed by atoms with Gasteiger partial charge in [0.05, 0.1) is 10.7 Å². The maximum absolute atomic E-state index is 14.1. The predicted molar refractivity (Wildman–Crippen MR) is 105 cm³/mol. The number of thioether (sulfide) groups is 1. The van der Waals surface area contributed by atoms with Crippen molar-refractivity contribution in [3.05, 3.63) is 23.0 Å². The van der Waals surface area contributed by atoms with Gasteiger partial charge in [0.25, 0.3) is 0 Å². The second-order valence-corrected chi connectivity index (χ2v) is 8.64. The Morgan fingerprint density at radius 2 is 1.92 bits per heavy atom. The van der Waals surface area contributed by atoms with Gasteiger partial charge in [-0.2, -0.15) is 0 Å². The van der Waals surface area contributed by atoms with E-state index in [0.717, 1.165) is 12.5 Å². The monoisotopic (exact) mass is 403 g/mol. The van der Waals surface area contributed by atoms with Crippen LogP contribution in [0.3, 0.4) is 0 Å². The highest BCUT2D eigenvalue weighted by atomic mass is 35.5. The van der Waals surface area contributed by atoms with Crippen LogP contribution in [0.1, 0.15) is 60.3 Å². The minimum Gasteiger partial charge on any atom is -0.459 e. The molecule has 0 bridgehead atoms. The third kappa shape index (κ3) is 7.54. The Labute approximate surface area is 164 Å². The first kappa shape index (κ1) is 22.8. The van der Waals surface area contributed by atoms with E-state index >= 15 is 0 Å². The van der Waals surface area contributed by atoms with Crippen molar-refractivity contribution in [3.63, 3.8) is 0 Å². The molecule has 1 unspecified atom stereocenters. The van der Waals surface area contributed by atoms with Gasteiger partial charge in [-0.15, -0.1) is 11.8 Å². The van der Waals surface area contributed by atoms with Gasteiger partial charge in [-0.3, -0.25) is 9.59 Å². The number of esters is 1. The van der Waals surface area contributed by atoms with Crippen LogP contribution in [0.2, 0.25) is 5.02 Å². The van der Waals surface area contributed by atoms with Crippen LogP contribution in [0.5, 0.6) is 0 Å². The summed E-state index contributed by atoms with van der Waals surface area (Å²) >= 11 is 7.38. The SMILES string of the molecule is CCCC(=O)Nc1cc(SC(CCC)C(=O)OC(C)(C)C)c(Cl)cc1F. The second-order valence-electron chi connectivity index (χ2n) is 6.99. The summed E-state index contributed by atoms with van der Waals surface area (Å²) in [6, 6.07) is 2.63. The summed E-state index contributed by atoms with van der Waals surface area (Å²) in [7, 11) is 0. The number of hydrogen-bond acceptors (Lipinski definition) is 4. The average Bonchev–Trinajstić information content (AvgIpc) is 2.49. The lowest BCUT2D eigenvalue weighted by molar-refractivity contribution is -0.154. The number of benzene rings is 1. The Kier molecular flexibility index (Phi) is 8.90. The van der Waals surface area contributed by atoms with Crippen LogP contribution in [0.4, 0.5) is 10.1 Å². The molecule has 0 fully saturated rings. The Hall–Kier alpha value is -1.27. The van der Waals surface area contributed by atoms with E-state index in [0.29, 0.717) is 24.2 Å². The molecular weight excluding hydrogens is 377 g/mol. The molecule has 1 atom stereocenters. The molecule has 0 heterocycles. The lowest BCUT2D eigenvalue weighted by atomic mass is 10.2. The van der Waals surface area contributed by atoms with Gasteiger partial charge in [0.15, 0.2) is 0 Å². The largest absolute Gasteiger partial charge is 0.459 e. The fraction of sp³-hybridized carbons (Fsp3) is 0.579. The second kappa shape index (κ2) is 10.2. The third-order valence-electron chi connectivity index (χ3n) is 3.26. The maximum atomic E-state index is 14.1. The first-order chi connectivity index (χ1) is 12.1. The zero-order valence-electron chi connectivity index (χ0n) is 15.9. The summed E-state index contributed by atoms with van der Waals surface area (Å²) in [5.74, 6) is -1.20. The fourth-order valence-corrected chi connectivity index (χ4v) is 3.61. The molecule has 4 nitrogen and oxygen atoms in total. The highest BCUT2D eigenvalue weighted by Gasteiger charge is 2.26. The van der Waals surface area contributed by atoms with Crippen LogP contribution in [0, 0.1) is 5.82 Å². The van der Waals surface area contributed by atoms with Gasteiger partial charge in [0, 0.05) is 11.3 Å². The van der Waals surface area contributed by atoms with E-state index in [-0.39, 0.29) is 22.6 Å². The Morgan fingerprint density at radius 3 is 2.46 bits per heavy atom. The number of halogens is 2. The molecule has 0 saturated heterocycles. The van der Waals surface area contributed by atoms with Crippen molar-refractivity contribution in [2.75, 3.05) is 5.32 Å². The van der Waals surface area contributed by atoms with E-state index in [4.69, 9.17) is 16.3 Å². The third-order valence-corrected chi connectivity index (χ3v) is 4.99. The summed E-state index contributed by atoms with van der Waals surface area (Å²) < 4.78 is 19.6.